The standard InChI is InChI=1S/C29H49N3O5/c1-8-10-12-13-14-18-32(27(35)24(20-33)31-28(36)37-29(5,6)7)25(26(34)30-17-11-9-2)23-19-21(3)15-16-22(23)4/h15-16,19,24-25,33H,8-14,17-18,20H2,1-7H3,(H,30,34)(H,31,36). The molecule has 0 bridgehead atoms. The minimum absolute atomic E-state index is 0.266. The zero-order chi connectivity index (χ0) is 28.0. The third-order valence-corrected chi connectivity index (χ3v) is 6.08. The number of ether oxygens (including phenoxy) is 1. The van der Waals surface area contributed by atoms with Crippen molar-refractivity contribution >= 4 is 17.9 Å². The van der Waals surface area contributed by atoms with Gasteiger partial charge in [0, 0.05) is 13.1 Å². The summed E-state index contributed by atoms with van der Waals surface area (Å²) in [6.45, 7) is 13.5. The van der Waals surface area contributed by atoms with Crippen molar-refractivity contribution in [1.29, 1.82) is 0 Å². The first-order valence-electron chi connectivity index (χ1n) is 13.7. The van der Waals surface area contributed by atoms with E-state index >= 15 is 0 Å². The van der Waals surface area contributed by atoms with Gasteiger partial charge in [-0.15, -0.1) is 0 Å². The average molecular weight is 520 g/mol. The molecular formula is C29H49N3O5. The van der Waals surface area contributed by atoms with Crippen molar-refractivity contribution in [2.45, 2.75) is 111 Å². The van der Waals surface area contributed by atoms with Crippen LogP contribution in [-0.2, 0) is 14.3 Å². The number of rotatable bonds is 15. The van der Waals surface area contributed by atoms with Crippen LogP contribution in [-0.4, -0.2) is 59.3 Å². The summed E-state index contributed by atoms with van der Waals surface area (Å²) in [4.78, 5) is 41.4. The van der Waals surface area contributed by atoms with Gasteiger partial charge in [0.25, 0.3) is 0 Å². The maximum atomic E-state index is 13.9. The van der Waals surface area contributed by atoms with E-state index < -0.39 is 36.3 Å². The lowest BCUT2D eigenvalue weighted by molar-refractivity contribution is -0.143. The predicted octanol–water partition coefficient (Wildman–Crippen LogP) is 4.95. The Morgan fingerprint density at radius 2 is 1.65 bits per heavy atom. The van der Waals surface area contributed by atoms with E-state index in [-0.39, 0.29) is 5.91 Å². The predicted molar refractivity (Wildman–Crippen MR) is 147 cm³/mol. The van der Waals surface area contributed by atoms with Crippen molar-refractivity contribution in [2.24, 2.45) is 0 Å². The molecule has 210 valence electrons. The van der Waals surface area contributed by atoms with E-state index in [0.29, 0.717) is 19.5 Å². The third kappa shape index (κ3) is 11.5. The summed E-state index contributed by atoms with van der Waals surface area (Å²) in [5.41, 5.74) is 1.86. The number of aliphatic hydroxyl groups excluding tert-OH is 1. The largest absolute Gasteiger partial charge is 0.444 e. The number of carbonyl (C=O) groups excluding carboxylic acids is 3. The molecule has 3 amide bonds. The van der Waals surface area contributed by atoms with Gasteiger partial charge in [0.2, 0.25) is 11.8 Å². The van der Waals surface area contributed by atoms with Crippen LogP contribution in [0, 0.1) is 13.8 Å². The van der Waals surface area contributed by atoms with E-state index in [1.807, 2.05) is 32.0 Å². The molecule has 1 aromatic rings. The highest BCUT2D eigenvalue weighted by Crippen LogP contribution is 2.27. The molecule has 0 aliphatic carbocycles. The number of aliphatic hydroxyl groups is 1. The Balaban J connectivity index is 3.40. The summed E-state index contributed by atoms with van der Waals surface area (Å²) in [7, 11) is 0. The Morgan fingerprint density at radius 1 is 1.00 bits per heavy atom. The number of benzene rings is 1. The summed E-state index contributed by atoms with van der Waals surface area (Å²) in [6, 6.07) is 3.74. The first kappa shape index (κ1) is 32.4. The van der Waals surface area contributed by atoms with Crippen LogP contribution in [0.25, 0.3) is 0 Å². The zero-order valence-corrected chi connectivity index (χ0v) is 24.0. The Labute approximate surface area is 223 Å². The quantitative estimate of drug-likeness (QED) is 0.284. The Hall–Kier alpha value is -2.61. The van der Waals surface area contributed by atoms with Crippen LogP contribution in [0.1, 0.15) is 102 Å². The second kappa shape index (κ2) is 16.3. The Bertz CT molecular complexity index is 866. The molecule has 2 atom stereocenters. The lowest BCUT2D eigenvalue weighted by atomic mass is 9.95. The fourth-order valence-corrected chi connectivity index (χ4v) is 4.08. The normalized spacial score (nSPS) is 13.0. The van der Waals surface area contributed by atoms with Crippen LogP contribution in [0.3, 0.4) is 0 Å². The monoisotopic (exact) mass is 519 g/mol. The van der Waals surface area contributed by atoms with Crippen LogP contribution in [0.2, 0.25) is 0 Å². The fourth-order valence-electron chi connectivity index (χ4n) is 4.08. The molecule has 1 rings (SSSR count). The number of unbranched alkanes of at least 4 members (excludes halogenated alkanes) is 5. The van der Waals surface area contributed by atoms with Gasteiger partial charge in [-0.25, -0.2) is 4.79 Å². The topological polar surface area (TPSA) is 108 Å². The molecule has 0 heterocycles. The molecule has 8 heteroatoms. The van der Waals surface area contributed by atoms with Gasteiger partial charge in [0.1, 0.15) is 17.7 Å². The van der Waals surface area contributed by atoms with Gasteiger partial charge in [-0.3, -0.25) is 9.59 Å². The zero-order valence-electron chi connectivity index (χ0n) is 24.0. The highest BCUT2D eigenvalue weighted by Gasteiger charge is 2.36. The van der Waals surface area contributed by atoms with Crippen molar-refractivity contribution in [3.63, 3.8) is 0 Å². The van der Waals surface area contributed by atoms with Crippen LogP contribution in [0.15, 0.2) is 18.2 Å². The lowest BCUT2D eigenvalue weighted by Gasteiger charge is -2.35. The van der Waals surface area contributed by atoms with Crippen LogP contribution in [0.5, 0.6) is 0 Å². The number of hydrogen-bond donors (Lipinski definition) is 3. The van der Waals surface area contributed by atoms with E-state index in [4.69, 9.17) is 4.74 Å². The molecule has 2 unspecified atom stereocenters. The first-order chi connectivity index (χ1) is 17.4. The molecule has 0 aliphatic heterocycles. The third-order valence-electron chi connectivity index (χ3n) is 6.08. The summed E-state index contributed by atoms with van der Waals surface area (Å²) < 4.78 is 5.31. The van der Waals surface area contributed by atoms with E-state index in [9.17, 15) is 19.5 Å². The molecule has 8 nitrogen and oxygen atoms in total. The van der Waals surface area contributed by atoms with Crippen molar-refractivity contribution in [2.75, 3.05) is 19.7 Å². The van der Waals surface area contributed by atoms with Crippen LogP contribution >= 0.6 is 0 Å². The number of aryl methyl sites for hydroxylation is 2. The molecule has 0 radical (unpaired) electrons. The van der Waals surface area contributed by atoms with E-state index in [1.165, 1.54) is 4.90 Å². The number of alkyl carbamates (subject to hydrolysis) is 1. The molecule has 0 fully saturated rings. The summed E-state index contributed by atoms with van der Waals surface area (Å²) >= 11 is 0. The Morgan fingerprint density at radius 3 is 2.24 bits per heavy atom. The van der Waals surface area contributed by atoms with Crippen molar-refractivity contribution in [3.05, 3.63) is 34.9 Å². The average Bonchev–Trinajstić information content (AvgIpc) is 2.82. The maximum absolute atomic E-state index is 13.9. The highest BCUT2D eigenvalue weighted by atomic mass is 16.6. The van der Waals surface area contributed by atoms with Gasteiger partial charge in [0.05, 0.1) is 6.61 Å². The minimum atomic E-state index is -1.23. The van der Waals surface area contributed by atoms with Crippen molar-refractivity contribution in [3.8, 4) is 0 Å². The molecular weight excluding hydrogens is 470 g/mol. The summed E-state index contributed by atoms with van der Waals surface area (Å²) in [5, 5.41) is 15.6. The van der Waals surface area contributed by atoms with Crippen molar-refractivity contribution in [1.82, 2.24) is 15.5 Å². The molecule has 1 aromatic carbocycles. The molecule has 3 N–H and O–H groups in total. The number of amides is 3. The molecule has 0 saturated heterocycles. The molecule has 37 heavy (non-hydrogen) atoms. The van der Waals surface area contributed by atoms with Gasteiger partial charge in [0.15, 0.2) is 0 Å². The fraction of sp³-hybridized carbons (Fsp3) is 0.690. The molecule has 0 aromatic heterocycles. The number of nitrogens with one attached hydrogen (secondary N) is 2. The summed E-state index contributed by atoms with van der Waals surface area (Å²) in [6.07, 6.45) is 5.83. The SMILES string of the molecule is CCCCCCCN(C(=O)C(CO)NC(=O)OC(C)(C)C)C(C(=O)NCCCC)c1cc(C)ccc1C. The second-order valence-electron chi connectivity index (χ2n) is 10.7. The first-order valence-corrected chi connectivity index (χ1v) is 13.7. The second-order valence-corrected chi connectivity index (χ2v) is 10.7. The van der Waals surface area contributed by atoms with Crippen LogP contribution in [0.4, 0.5) is 4.79 Å². The van der Waals surface area contributed by atoms with E-state index in [2.05, 4.69) is 24.5 Å². The minimum Gasteiger partial charge on any atom is -0.444 e. The van der Waals surface area contributed by atoms with Gasteiger partial charge in [-0.2, -0.15) is 0 Å². The van der Waals surface area contributed by atoms with Crippen LogP contribution < -0.4 is 10.6 Å². The smallest absolute Gasteiger partial charge is 0.408 e. The van der Waals surface area contributed by atoms with Gasteiger partial charge in [-0.05, 0) is 58.6 Å². The molecule has 0 saturated carbocycles. The number of carbonyl (C=O) groups is 3. The van der Waals surface area contributed by atoms with Crippen molar-refractivity contribution < 1.29 is 24.2 Å². The Kier molecular flexibility index (Phi) is 14.3. The maximum Gasteiger partial charge on any atom is 0.408 e. The highest BCUT2D eigenvalue weighted by molar-refractivity contribution is 5.92. The van der Waals surface area contributed by atoms with E-state index in [1.54, 1.807) is 20.8 Å². The number of hydrogen-bond acceptors (Lipinski definition) is 5. The lowest BCUT2D eigenvalue weighted by Crippen LogP contribution is -2.54. The van der Waals surface area contributed by atoms with E-state index in [0.717, 1.165) is 55.2 Å². The number of nitrogens with zero attached hydrogens (tertiary/aromatic N) is 1. The molecule has 0 spiro atoms. The molecule has 0 aliphatic rings. The van der Waals surface area contributed by atoms with Gasteiger partial charge >= 0.3 is 6.09 Å². The summed E-state index contributed by atoms with van der Waals surface area (Å²) in [5.74, 6) is -0.779. The van der Waals surface area contributed by atoms with Gasteiger partial charge in [-0.1, -0.05) is 69.7 Å². The van der Waals surface area contributed by atoms with Gasteiger partial charge < -0.3 is 25.4 Å².